The van der Waals surface area contributed by atoms with Gasteiger partial charge in [-0.1, -0.05) is 12.1 Å². The Morgan fingerprint density at radius 2 is 1.89 bits per heavy atom. The van der Waals surface area contributed by atoms with Crippen LogP contribution in [0.5, 0.6) is 0 Å². The number of halogens is 1. The molecule has 0 spiro atoms. The third-order valence-corrected chi connectivity index (χ3v) is 7.04. The van der Waals surface area contributed by atoms with Crippen LogP contribution in [0.25, 0.3) is 0 Å². The van der Waals surface area contributed by atoms with Gasteiger partial charge in [-0.2, -0.15) is 4.39 Å². The van der Waals surface area contributed by atoms with E-state index in [4.69, 9.17) is 0 Å². The van der Waals surface area contributed by atoms with Gasteiger partial charge in [-0.3, -0.25) is 4.79 Å². The molecule has 4 aromatic rings. The standard InChI is InChI=1S/C27H25FN6O2S/c1-37-22-7-5-19(6-8-22)32-27(36)33-20-4-2-17-12-24(18-3-9-25(28)30-14-18)34(26(35)23(17)13-20)11-10-21-15-29-16-31-21/h2-9,13-16,24H,10-12H2,1H3,(H,29,31)(H2,32,33,36). The molecule has 3 heterocycles. The van der Waals surface area contributed by atoms with Crippen LogP contribution in [0.15, 0.2) is 78.2 Å². The molecule has 1 aliphatic rings. The van der Waals surface area contributed by atoms with E-state index in [1.165, 1.54) is 12.3 Å². The van der Waals surface area contributed by atoms with Crippen LogP contribution in [-0.4, -0.2) is 44.6 Å². The monoisotopic (exact) mass is 516 g/mol. The minimum atomic E-state index is -0.566. The van der Waals surface area contributed by atoms with Crippen molar-refractivity contribution in [1.82, 2.24) is 19.9 Å². The number of aromatic nitrogens is 3. The van der Waals surface area contributed by atoms with Gasteiger partial charge in [0.25, 0.3) is 5.91 Å². The Bertz CT molecular complexity index is 1390. The number of urea groups is 1. The van der Waals surface area contributed by atoms with E-state index in [0.717, 1.165) is 21.7 Å². The Morgan fingerprint density at radius 1 is 1.11 bits per heavy atom. The maximum absolute atomic E-state index is 13.7. The van der Waals surface area contributed by atoms with Gasteiger partial charge in [-0.15, -0.1) is 11.8 Å². The summed E-state index contributed by atoms with van der Waals surface area (Å²) in [6, 6.07) is 15.2. The largest absolute Gasteiger partial charge is 0.351 e. The van der Waals surface area contributed by atoms with Crippen LogP contribution in [0.4, 0.5) is 20.6 Å². The summed E-state index contributed by atoms with van der Waals surface area (Å²) >= 11 is 1.62. The number of carbonyl (C=O) groups excluding carboxylic acids is 2. The van der Waals surface area contributed by atoms with Gasteiger partial charge in [-0.05, 0) is 66.3 Å². The first kappa shape index (κ1) is 24.5. The molecule has 0 saturated carbocycles. The summed E-state index contributed by atoms with van der Waals surface area (Å²) < 4.78 is 13.5. The zero-order chi connectivity index (χ0) is 25.8. The van der Waals surface area contributed by atoms with E-state index >= 15 is 0 Å². The van der Waals surface area contributed by atoms with Gasteiger partial charge in [0.15, 0.2) is 0 Å². The smallest absolute Gasteiger partial charge is 0.323 e. The molecule has 5 rings (SSSR count). The fourth-order valence-electron chi connectivity index (χ4n) is 4.42. The van der Waals surface area contributed by atoms with Crippen LogP contribution in [-0.2, 0) is 12.8 Å². The number of benzene rings is 2. The van der Waals surface area contributed by atoms with Gasteiger partial charge in [0.1, 0.15) is 0 Å². The fourth-order valence-corrected chi connectivity index (χ4v) is 4.82. The molecule has 0 saturated heterocycles. The number of carbonyl (C=O) groups is 2. The number of thioether (sulfide) groups is 1. The predicted octanol–water partition coefficient (Wildman–Crippen LogP) is 5.29. The Hall–Kier alpha value is -4.18. The number of nitrogens with one attached hydrogen (secondary N) is 3. The van der Waals surface area contributed by atoms with E-state index in [-0.39, 0.29) is 11.9 Å². The molecule has 3 amide bonds. The predicted molar refractivity (Wildman–Crippen MR) is 141 cm³/mol. The summed E-state index contributed by atoms with van der Waals surface area (Å²) in [7, 11) is 0. The molecule has 3 N–H and O–H groups in total. The Labute approximate surface area is 217 Å². The summed E-state index contributed by atoms with van der Waals surface area (Å²) in [6.45, 7) is 0.426. The lowest BCUT2D eigenvalue weighted by Crippen LogP contribution is -2.41. The quantitative estimate of drug-likeness (QED) is 0.229. The lowest BCUT2D eigenvalue weighted by molar-refractivity contribution is 0.0649. The lowest BCUT2D eigenvalue weighted by Gasteiger charge is -2.37. The van der Waals surface area contributed by atoms with Crippen LogP contribution in [0.2, 0.25) is 0 Å². The van der Waals surface area contributed by atoms with Gasteiger partial charge >= 0.3 is 6.03 Å². The van der Waals surface area contributed by atoms with E-state index in [9.17, 15) is 14.0 Å². The number of amides is 3. The van der Waals surface area contributed by atoms with Gasteiger partial charge in [0.05, 0.1) is 18.1 Å². The third-order valence-electron chi connectivity index (χ3n) is 6.30. The van der Waals surface area contributed by atoms with Gasteiger partial charge in [0, 0.05) is 47.2 Å². The second-order valence-electron chi connectivity index (χ2n) is 8.62. The summed E-state index contributed by atoms with van der Waals surface area (Å²) in [6.07, 6.45) is 7.97. The number of imidazole rings is 1. The van der Waals surface area contributed by atoms with Crippen LogP contribution in [0.3, 0.4) is 0 Å². The van der Waals surface area contributed by atoms with Crippen LogP contribution in [0.1, 0.15) is 33.2 Å². The van der Waals surface area contributed by atoms with E-state index in [2.05, 4.69) is 25.6 Å². The molecule has 37 heavy (non-hydrogen) atoms. The molecule has 8 nitrogen and oxygen atoms in total. The zero-order valence-electron chi connectivity index (χ0n) is 20.1. The number of aromatic amines is 1. The molecule has 2 aromatic carbocycles. The van der Waals surface area contributed by atoms with Crippen molar-refractivity contribution in [3.05, 3.63) is 102 Å². The number of pyridine rings is 1. The second-order valence-corrected chi connectivity index (χ2v) is 9.50. The maximum Gasteiger partial charge on any atom is 0.323 e. The molecule has 0 bridgehead atoms. The molecular weight excluding hydrogens is 491 g/mol. The Balaban J connectivity index is 1.36. The van der Waals surface area contributed by atoms with Gasteiger partial charge in [0.2, 0.25) is 5.95 Å². The Morgan fingerprint density at radius 3 is 2.59 bits per heavy atom. The highest BCUT2D eigenvalue weighted by molar-refractivity contribution is 7.98. The summed E-state index contributed by atoms with van der Waals surface area (Å²) in [5.41, 5.74) is 4.16. The van der Waals surface area contributed by atoms with E-state index in [1.807, 2.05) is 36.6 Å². The van der Waals surface area contributed by atoms with Crippen LogP contribution in [0, 0.1) is 5.95 Å². The van der Waals surface area contributed by atoms with E-state index in [0.29, 0.717) is 36.3 Å². The number of nitrogens with zero attached hydrogens (tertiary/aromatic N) is 3. The molecule has 1 atom stereocenters. The molecule has 1 unspecified atom stereocenters. The van der Waals surface area contributed by atoms with Crippen LogP contribution < -0.4 is 10.6 Å². The summed E-state index contributed by atoms with van der Waals surface area (Å²) in [5, 5.41) is 5.62. The van der Waals surface area contributed by atoms with E-state index < -0.39 is 12.0 Å². The van der Waals surface area contributed by atoms with Crippen molar-refractivity contribution in [2.45, 2.75) is 23.8 Å². The molecule has 1 aliphatic heterocycles. The number of rotatable bonds is 7. The lowest BCUT2D eigenvalue weighted by atomic mass is 9.89. The number of hydrogen-bond acceptors (Lipinski definition) is 5. The highest BCUT2D eigenvalue weighted by Gasteiger charge is 2.33. The Kier molecular flexibility index (Phi) is 7.18. The SMILES string of the molecule is CSc1ccc(NC(=O)Nc2ccc3c(c2)C(=O)N(CCc2c[nH]cn2)C(c2ccc(F)nc2)C3)cc1. The highest BCUT2D eigenvalue weighted by atomic mass is 32.2. The average molecular weight is 517 g/mol. The van der Waals surface area contributed by atoms with Crippen molar-refractivity contribution in [3.8, 4) is 0 Å². The van der Waals surface area contributed by atoms with Crippen molar-refractivity contribution in [2.75, 3.05) is 23.4 Å². The van der Waals surface area contributed by atoms with Crippen LogP contribution >= 0.6 is 11.8 Å². The van der Waals surface area contributed by atoms with Crippen molar-refractivity contribution in [3.63, 3.8) is 0 Å². The first-order valence-corrected chi connectivity index (χ1v) is 13.0. The van der Waals surface area contributed by atoms with Gasteiger partial charge < -0.3 is 20.5 Å². The minimum absolute atomic E-state index is 0.164. The minimum Gasteiger partial charge on any atom is -0.351 e. The zero-order valence-corrected chi connectivity index (χ0v) is 20.9. The second kappa shape index (κ2) is 10.8. The third kappa shape index (κ3) is 5.64. The maximum atomic E-state index is 13.7. The molecule has 0 fully saturated rings. The topological polar surface area (TPSA) is 103 Å². The summed E-state index contributed by atoms with van der Waals surface area (Å²) in [5.74, 6) is -0.730. The average Bonchev–Trinajstić information content (AvgIpc) is 3.43. The molecule has 10 heteroatoms. The normalized spacial score (nSPS) is 14.8. The number of anilines is 2. The molecule has 188 valence electrons. The van der Waals surface area contributed by atoms with Crippen molar-refractivity contribution in [2.24, 2.45) is 0 Å². The molecular formula is C27H25FN6O2S. The van der Waals surface area contributed by atoms with Gasteiger partial charge in [-0.25, -0.2) is 14.8 Å². The number of fused-ring (bicyclic) bond motifs is 1. The fraction of sp³-hybridized carbons (Fsp3) is 0.185. The van der Waals surface area contributed by atoms with E-state index in [1.54, 1.807) is 47.4 Å². The van der Waals surface area contributed by atoms with Crippen molar-refractivity contribution < 1.29 is 14.0 Å². The molecule has 2 aromatic heterocycles. The first-order valence-electron chi connectivity index (χ1n) is 11.8. The van der Waals surface area contributed by atoms with Crippen molar-refractivity contribution >= 4 is 35.1 Å². The first-order chi connectivity index (χ1) is 18.0. The number of H-pyrrole nitrogens is 1. The van der Waals surface area contributed by atoms with Crippen molar-refractivity contribution in [1.29, 1.82) is 0 Å². The number of hydrogen-bond donors (Lipinski definition) is 3. The summed E-state index contributed by atoms with van der Waals surface area (Å²) in [4.78, 5) is 40.1. The molecule has 0 radical (unpaired) electrons. The molecule has 0 aliphatic carbocycles. The highest BCUT2D eigenvalue weighted by Crippen LogP contribution is 2.34.